The van der Waals surface area contributed by atoms with Crippen LogP contribution in [0.2, 0.25) is 0 Å². The molecule has 2 rings (SSSR count). The van der Waals surface area contributed by atoms with Gasteiger partial charge in [-0.25, -0.2) is 13.2 Å². The number of carbonyl (C=O) groups excluding carboxylic acids is 1. The summed E-state index contributed by atoms with van der Waals surface area (Å²) >= 11 is 0. The summed E-state index contributed by atoms with van der Waals surface area (Å²) in [5, 5.41) is 0. The van der Waals surface area contributed by atoms with Crippen LogP contribution in [0.1, 0.15) is 28.5 Å². The van der Waals surface area contributed by atoms with Crippen molar-refractivity contribution in [3.63, 3.8) is 0 Å². The van der Waals surface area contributed by atoms with Crippen molar-refractivity contribution in [3.8, 4) is 0 Å². The molecule has 0 fully saturated rings. The highest BCUT2D eigenvalue weighted by Gasteiger charge is 2.21. The molecule has 0 bridgehead atoms. The molecule has 0 aliphatic rings. The predicted molar refractivity (Wildman–Crippen MR) is 88.1 cm³/mol. The van der Waals surface area contributed by atoms with Crippen LogP contribution in [0.15, 0.2) is 35.4 Å². The van der Waals surface area contributed by atoms with Gasteiger partial charge in [0.05, 0.1) is 6.61 Å². The molecule has 1 heterocycles. The molecule has 0 atom stereocenters. The number of aryl methyl sites for hydroxylation is 3. The highest BCUT2D eigenvalue weighted by molar-refractivity contribution is 7.92. The Balaban J connectivity index is 2.31. The van der Waals surface area contributed by atoms with Crippen LogP contribution in [-0.4, -0.2) is 25.6 Å². The fraction of sp³-hybridized carbons (Fsp3) is 0.312. The van der Waals surface area contributed by atoms with Crippen LogP contribution in [0.5, 0.6) is 0 Å². The molecule has 1 aromatic carbocycles. The van der Waals surface area contributed by atoms with Crippen molar-refractivity contribution in [2.45, 2.75) is 25.7 Å². The third-order valence-electron chi connectivity index (χ3n) is 3.53. The monoisotopic (exact) mass is 336 g/mol. The van der Waals surface area contributed by atoms with E-state index >= 15 is 0 Å². The highest BCUT2D eigenvalue weighted by Crippen LogP contribution is 2.20. The summed E-state index contributed by atoms with van der Waals surface area (Å²) in [7, 11) is -2.17. The second-order valence-electron chi connectivity index (χ2n) is 5.30. The summed E-state index contributed by atoms with van der Waals surface area (Å²) in [6, 6.07) is 6.63. The van der Waals surface area contributed by atoms with Gasteiger partial charge in [0.2, 0.25) is 0 Å². The minimum atomic E-state index is -3.77. The second-order valence-corrected chi connectivity index (χ2v) is 6.98. The molecular weight excluding hydrogens is 316 g/mol. The van der Waals surface area contributed by atoms with E-state index in [2.05, 4.69) is 4.72 Å². The van der Waals surface area contributed by atoms with Crippen molar-refractivity contribution in [1.82, 2.24) is 4.57 Å². The molecule has 0 radical (unpaired) electrons. The normalized spacial score (nSPS) is 11.3. The van der Waals surface area contributed by atoms with Crippen molar-refractivity contribution in [2.75, 3.05) is 11.3 Å². The van der Waals surface area contributed by atoms with Gasteiger partial charge in [-0.05, 0) is 50.1 Å². The first-order valence-corrected chi connectivity index (χ1v) is 8.66. The topological polar surface area (TPSA) is 77.4 Å². The number of hydrogen-bond donors (Lipinski definition) is 1. The van der Waals surface area contributed by atoms with Gasteiger partial charge >= 0.3 is 5.97 Å². The van der Waals surface area contributed by atoms with Crippen LogP contribution in [0.4, 0.5) is 5.69 Å². The van der Waals surface area contributed by atoms with Crippen LogP contribution in [0, 0.1) is 13.8 Å². The van der Waals surface area contributed by atoms with Crippen molar-refractivity contribution in [3.05, 3.63) is 47.3 Å². The van der Waals surface area contributed by atoms with E-state index in [1.54, 1.807) is 26.1 Å². The maximum absolute atomic E-state index is 12.5. The molecule has 0 amide bonds. The summed E-state index contributed by atoms with van der Waals surface area (Å²) in [6.45, 7) is 5.79. The SMILES string of the molecule is CCOC(=O)c1cc(S(=O)(=O)Nc2ccc(C)c(C)c2)cn1C. The molecule has 23 heavy (non-hydrogen) atoms. The number of nitrogens with zero attached hydrogens (tertiary/aromatic N) is 1. The zero-order valence-corrected chi connectivity index (χ0v) is 14.4. The number of aromatic nitrogens is 1. The van der Waals surface area contributed by atoms with Crippen LogP contribution in [0.25, 0.3) is 0 Å². The van der Waals surface area contributed by atoms with Crippen LogP contribution in [0.3, 0.4) is 0 Å². The lowest BCUT2D eigenvalue weighted by Crippen LogP contribution is -2.12. The van der Waals surface area contributed by atoms with Crippen LogP contribution < -0.4 is 4.72 Å². The first-order chi connectivity index (χ1) is 10.7. The molecule has 0 unspecified atom stereocenters. The van der Waals surface area contributed by atoms with Crippen molar-refractivity contribution >= 4 is 21.7 Å². The van der Waals surface area contributed by atoms with Gasteiger partial charge < -0.3 is 9.30 Å². The van der Waals surface area contributed by atoms with Gasteiger partial charge in [0.1, 0.15) is 10.6 Å². The number of ether oxygens (including phenoxy) is 1. The third-order valence-corrected chi connectivity index (χ3v) is 4.88. The molecule has 124 valence electrons. The Morgan fingerprint density at radius 2 is 1.91 bits per heavy atom. The molecule has 0 aliphatic heterocycles. The summed E-state index contributed by atoms with van der Waals surface area (Å²) in [6.07, 6.45) is 1.38. The lowest BCUT2D eigenvalue weighted by atomic mass is 10.1. The number of rotatable bonds is 5. The largest absolute Gasteiger partial charge is 0.461 e. The zero-order chi connectivity index (χ0) is 17.2. The van der Waals surface area contributed by atoms with Gasteiger partial charge in [-0.3, -0.25) is 4.72 Å². The summed E-state index contributed by atoms with van der Waals surface area (Å²) in [4.78, 5) is 11.8. The van der Waals surface area contributed by atoms with Gasteiger partial charge in [0.25, 0.3) is 10.0 Å². The fourth-order valence-corrected chi connectivity index (χ4v) is 3.23. The second kappa shape index (κ2) is 6.45. The fourth-order valence-electron chi connectivity index (χ4n) is 2.11. The standard InChI is InChI=1S/C16H20N2O4S/c1-5-22-16(19)15-9-14(10-18(15)4)23(20,21)17-13-7-6-11(2)12(3)8-13/h6-10,17H,5H2,1-4H3. The third kappa shape index (κ3) is 3.73. The Hall–Kier alpha value is -2.28. The number of benzene rings is 1. The summed E-state index contributed by atoms with van der Waals surface area (Å²) in [5.41, 5.74) is 2.74. The van der Waals surface area contributed by atoms with E-state index in [9.17, 15) is 13.2 Å². The average molecular weight is 336 g/mol. The van der Waals surface area contributed by atoms with Crippen LogP contribution >= 0.6 is 0 Å². The smallest absolute Gasteiger partial charge is 0.354 e. The Bertz CT molecular complexity index is 838. The number of carbonyl (C=O) groups is 1. The molecule has 0 saturated heterocycles. The lowest BCUT2D eigenvalue weighted by Gasteiger charge is -2.08. The Morgan fingerprint density at radius 1 is 1.22 bits per heavy atom. The number of nitrogens with one attached hydrogen (secondary N) is 1. The summed E-state index contributed by atoms with van der Waals surface area (Å²) < 4.78 is 33.8. The van der Waals surface area contributed by atoms with Crippen molar-refractivity contribution in [2.24, 2.45) is 7.05 Å². The first kappa shape index (κ1) is 17.1. The minimum absolute atomic E-state index is 0.0151. The van der Waals surface area contributed by atoms with Crippen molar-refractivity contribution in [1.29, 1.82) is 0 Å². The van der Waals surface area contributed by atoms with E-state index in [4.69, 9.17) is 4.74 Å². The molecule has 2 aromatic rings. The lowest BCUT2D eigenvalue weighted by molar-refractivity contribution is 0.0515. The van der Waals surface area contributed by atoms with E-state index in [1.807, 2.05) is 19.9 Å². The molecule has 0 spiro atoms. The van der Waals surface area contributed by atoms with Gasteiger partial charge in [0, 0.05) is 18.9 Å². The highest BCUT2D eigenvalue weighted by atomic mass is 32.2. The molecule has 1 aromatic heterocycles. The zero-order valence-electron chi connectivity index (χ0n) is 13.6. The number of esters is 1. The predicted octanol–water partition coefficient (Wildman–Crippen LogP) is 2.62. The molecule has 1 N–H and O–H groups in total. The molecule has 0 saturated carbocycles. The van der Waals surface area contributed by atoms with E-state index < -0.39 is 16.0 Å². The summed E-state index contributed by atoms with van der Waals surface area (Å²) in [5.74, 6) is -0.553. The molecular formula is C16H20N2O4S. The van der Waals surface area contributed by atoms with E-state index in [-0.39, 0.29) is 17.2 Å². The quantitative estimate of drug-likeness (QED) is 0.852. The van der Waals surface area contributed by atoms with Crippen LogP contribution in [-0.2, 0) is 21.8 Å². The van der Waals surface area contributed by atoms with E-state index in [0.717, 1.165) is 11.1 Å². The maximum Gasteiger partial charge on any atom is 0.354 e. The first-order valence-electron chi connectivity index (χ1n) is 7.18. The number of hydrogen-bond acceptors (Lipinski definition) is 4. The van der Waals surface area contributed by atoms with Crippen molar-refractivity contribution < 1.29 is 17.9 Å². The van der Waals surface area contributed by atoms with Gasteiger partial charge in [0.15, 0.2) is 0 Å². The average Bonchev–Trinajstić information content (AvgIpc) is 2.86. The molecule has 0 aliphatic carbocycles. The Labute approximate surface area is 136 Å². The minimum Gasteiger partial charge on any atom is -0.461 e. The maximum atomic E-state index is 12.5. The van der Waals surface area contributed by atoms with Gasteiger partial charge in [-0.2, -0.15) is 0 Å². The van der Waals surface area contributed by atoms with Gasteiger partial charge in [-0.15, -0.1) is 0 Å². The molecule has 7 heteroatoms. The number of anilines is 1. The van der Waals surface area contributed by atoms with E-state index in [0.29, 0.717) is 5.69 Å². The Morgan fingerprint density at radius 3 is 2.52 bits per heavy atom. The molecule has 6 nitrogen and oxygen atoms in total. The van der Waals surface area contributed by atoms with E-state index in [1.165, 1.54) is 16.8 Å². The Kier molecular flexibility index (Phi) is 4.79. The number of sulfonamides is 1. The van der Waals surface area contributed by atoms with Gasteiger partial charge in [-0.1, -0.05) is 6.07 Å².